The van der Waals surface area contributed by atoms with Gasteiger partial charge in [0, 0.05) is 23.7 Å². The van der Waals surface area contributed by atoms with Gasteiger partial charge >= 0.3 is 0 Å². The maximum Gasteiger partial charge on any atom is 0.0646 e. The molecule has 0 aromatic heterocycles. The number of fused-ring (bicyclic) bond motifs is 1. The minimum Gasteiger partial charge on any atom is -0.382 e. The lowest BCUT2D eigenvalue weighted by atomic mass is 9.93. The summed E-state index contributed by atoms with van der Waals surface area (Å²) in [5.41, 5.74) is 1.22. The van der Waals surface area contributed by atoms with Crippen LogP contribution in [0.4, 0.5) is 5.69 Å². The third-order valence-corrected chi connectivity index (χ3v) is 3.85. The molecule has 100 valence electrons. The van der Waals surface area contributed by atoms with Crippen LogP contribution < -0.4 is 5.32 Å². The summed E-state index contributed by atoms with van der Waals surface area (Å²) in [6.07, 6.45) is 2.13. The average molecular weight is 255 g/mol. The van der Waals surface area contributed by atoms with Gasteiger partial charge in [-0.1, -0.05) is 36.4 Å². The lowest BCUT2D eigenvalue weighted by Crippen LogP contribution is -2.40. The Balaban J connectivity index is 1.85. The van der Waals surface area contributed by atoms with E-state index in [4.69, 9.17) is 4.74 Å². The second-order valence-corrected chi connectivity index (χ2v) is 5.97. The molecule has 1 saturated heterocycles. The van der Waals surface area contributed by atoms with Gasteiger partial charge in [-0.05, 0) is 38.1 Å². The van der Waals surface area contributed by atoms with Gasteiger partial charge in [-0.2, -0.15) is 0 Å². The fraction of sp³-hybridized carbons (Fsp3) is 0.412. The maximum atomic E-state index is 5.78. The molecule has 2 heteroatoms. The molecule has 0 radical (unpaired) electrons. The molecule has 0 amide bonds. The van der Waals surface area contributed by atoms with Crippen LogP contribution in [-0.2, 0) is 4.74 Å². The molecule has 1 N–H and O–H groups in total. The van der Waals surface area contributed by atoms with Crippen LogP contribution in [-0.4, -0.2) is 18.2 Å². The van der Waals surface area contributed by atoms with Gasteiger partial charge in [0.2, 0.25) is 0 Å². The van der Waals surface area contributed by atoms with Gasteiger partial charge in [0.25, 0.3) is 0 Å². The molecule has 1 unspecified atom stereocenters. The van der Waals surface area contributed by atoms with E-state index in [1.165, 1.54) is 16.5 Å². The smallest absolute Gasteiger partial charge is 0.0646 e. The molecule has 0 aliphatic carbocycles. The molecule has 2 aromatic rings. The fourth-order valence-electron chi connectivity index (χ4n) is 2.93. The van der Waals surface area contributed by atoms with Crippen LogP contribution in [0.25, 0.3) is 10.8 Å². The third kappa shape index (κ3) is 2.74. The first-order valence-electron chi connectivity index (χ1n) is 7.02. The molecular weight excluding hydrogens is 234 g/mol. The van der Waals surface area contributed by atoms with Crippen molar-refractivity contribution < 1.29 is 4.74 Å². The van der Waals surface area contributed by atoms with E-state index in [2.05, 4.69) is 61.6 Å². The van der Waals surface area contributed by atoms with Crippen LogP contribution in [0.2, 0.25) is 0 Å². The molecule has 1 fully saturated rings. The third-order valence-electron chi connectivity index (χ3n) is 3.85. The second-order valence-electron chi connectivity index (χ2n) is 5.97. The average Bonchev–Trinajstić information content (AvgIpc) is 2.38. The molecular formula is C17H21NO. The van der Waals surface area contributed by atoms with Crippen molar-refractivity contribution in [3.8, 4) is 0 Å². The van der Waals surface area contributed by atoms with Crippen LogP contribution in [0.3, 0.4) is 0 Å². The minimum atomic E-state index is -0.0134. The maximum absolute atomic E-state index is 5.78. The Morgan fingerprint density at radius 1 is 1.11 bits per heavy atom. The zero-order valence-corrected chi connectivity index (χ0v) is 11.6. The van der Waals surface area contributed by atoms with E-state index < -0.39 is 0 Å². The molecule has 2 nitrogen and oxygen atoms in total. The Labute approximate surface area is 114 Å². The number of hydrogen-bond acceptors (Lipinski definition) is 2. The Hall–Kier alpha value is -1.54. The van der Waals surface area contributed by atoms with E-state index in [0.29, 0.717) is 6.04 Å². The number of benzene rings is 2. The van der Waals surface area contributed by atoms with E-state index in [9.17, 15) is 0 Å². The second kappa shape index (κ2) is 4.86. The van der Waals surface area contributed by atoms with Crippen molar-refractivity contribution in [2.45, 2.75) is 38.3 Å². The van der Waals surface area contributed by atoms with Gasteiger partial charge in [0.15, 0.2) is 0 Å². The molecule has 1 aliphatic rings. The standard InChI is InChI=1S/C17H21NO/c1-17(2)12-14(10-11-19-17)18-16-9-5-7-13-6-3-4-8-15(13)16/h3-9,14,18H,10-12H2,1-2H3. The molecule has 0 bridgehead atoms. The first kappa shape index (κ1) is 12.5. The van der Waals surface area contributed by atoms with E-state index in [-0.39, 0.29) is 5.60 Å². The van der Waals surface area contributed by atoms with Crippen LogP contribution in [0.15, 0.2) is 42.5 Å². The lowest BCUT2D eigenvalue weighted by Gasteiger charge is -2.36. The largest absolute Gasteiger partial charge is 0.382 e. The van der Waals surface area contributed by atoms with Crippen molar-refractivity contribution in [1.29, 1.82) is 0 Å². The topological polar surface area (TPSA) is 21.3 Å². The summed E-state index contributed by atoms with van der Waals surface area (Å²) in [5.74, 6) is 0. The molecule has 0 saturated carbocycles. The van der Waals surface area contributed by atoms with Gasteiger partial charge < -0.3 is 10.1 Å². The number of hydrogen-bond donors (Lipinski definition) is 1. The van der Waals surface area contributed by atoms with E-state index in [0.717, 1.165) is 19.4 Å². The number of ether oxygens (including phenoxy) is 1. The SMILES string of the molecule is CC1(C)CC(Nc2cccc3ccccc23)CCO1. The van der Waals surface area contributed by atoms with Gasteiger partial charge in [-0.3, -0.25) is 0 Å². The molecule has 2 aromatic carbocycles. The summed E-state index contributed by atoms with van der Waals surface area (Å²) in [6, 6.07) is 15.5. The summed E-state index contributed by atoms with van der Waals surface area (Å²) in [5, 5.41) is 6.29. The summed E-state index contributed by atoms with van der Waals surface area (Å²) in [7, 11) is 0. The Morgan fingerprint density at radius 2 is 1.89 bits per heavy atom. The van der Waals surface area contributed by atoms with Crippen molar-refractivity contribution in [2.24, 2.45) is 0 Å². The normalized spacial score (nSPS) is 22.3. The zero-order valence-electron chi connectivity index (χ0n) is 11.6. The van der Waals surface area contributed by atoms with Gasteiger partial charge in [0.05, 0.1) is 5.60 Å². The number of nitrogens with one attached hydrogen (secondary N) is 1. The van der Waals surface area contributed by atoms with Crippen molar-refractivity contribution in [2.75, 3.05) is 11.9 Å². The summed E-state index contributed by atoms with van der Waals surface area (Å²) in [4.78, 5) is 0. The molecule has 3 rings (SSSR count). The zero-order chi connectivity index (χ0) is 13.3. The van der Waals surface area contributed by atoms with Crippen LogP contribution >= 0.6 is 0 Å². The number of anilines is 1. The van der Waals surface area contributed by atoms with Crippen LogP contribution in [0.1, 0.15) is 26.7 Å². The Kier molecular flexibility index (Phi) is 3.19. The van der Waals surface area contributed by atoms with Crippen LogP contribution in [0.5, 0.6) is 0 Å². The van der Waals surface area contributed by atoms with E-state index >= 15 is 0 Å². The molecule has 1 atom stereocenters. The highest BCUT2D eigenvalue weighted by atomic mass is 16.5. The highest BCUT2D eigenvalue weighted by Gasteiger charge is 2.28. The fourth-order valence-corrected chi connectivity index (χ4v) is 2.93. The van der Waals surface area contributed by atoms with E-state index in [1.54, 1.807) is 0 Å². The van der Waals surface area contributed by atoms with E-state index in [1.807, 2.05) is 0 Å². The molecule has 1 heterocycles. The highest BCUT2D eigenvalue weighted by molar-refractivity contribution is 5.93. The van der Waals surface area contributed by atoms with Gasteiger partial charge in [-0.25, -0.2) is 0 Å². The summed E-state index contributed by atoms with van der Waals surface area (Å²) >= 11 is 0. The lowest BCUT2D eigenvalue weighted by molar-refractivity contribution is -0.0553. The van der Waals surface area contributed by atoms with Crippen molar-refractivity contribution in [3.05, 3.63) is 42.5 Å². The quantitative estimate of drug-likeness (QED) is 0.868. The van der Waals surface area contributed by atoms with Crippen LogP contribution in [0, 0.1) is 0 Å². The predicted molar refractivity (Wildman–Crippen MR) is 80.6 cm³/mol. The molecule has 1 aliphatic heterocycles. The first-order chi connectivity index (χ1) is 9.14. The monoisotopic (exact) mass is 255 g/mol. The van der Waals surface area contributed by atoms with Gasteiger partial charge in [-0.15, -0.1) is 0 Å². The first-order valence-corrected chi connectivity index (χ1v) is 7.02. The summed E-state index contributed by atoms with van der Waals surface area (Å²) < 4.78 is 5.78. The number of rotatable bonds is 2. The van der Waals surface area contributed by atoms with Crippen molar-refractivity contribution in [1.82, 2.24) is 0 Å². The highest BCUT2D eigenvalue weighted by Crippen LogP contribution is 2.29. The van der Waals surface area contributed by atoms with Gasteiger partial charge in [0.1, 0.15) is 0 Å². The summed E-state index contributed by atoms with van der Waals surface area (Å²) in [6.45, 7) is 5.18. The van der Waals surface area contributed by atoms with Crippen molar-refractivity contribution >= 4 is 16.5 Å². The van der Waals surface area contributed by atoms with Crippen molar-refractivity contribution in [3.63, 3.8) is 0 Å². The Morgan fingerprint density at radius 3 is 2.74 bits per heavy atom. The molecule has 0 spiro atoms. The Bertz CT molecular complexity index is 571. The minimum absolute atomic E-state index is 0.0134. The predicted octanol–water partition coefficient (Wildman–Crippen LogP) is 4.21. The molecule has 19 heavy (non-hydrogen) atoms.